The lowest BCUT2D eigenvalue weighted by molar-refractivity contribution is -0.383. The molecule has 1 N–H and O–H groups in total. The van der Waals surface area contributed by atoms with E-state index in [4.69, 9.17) is 22.1 Å². The number of rotatable bonds is 8. The average molecular weight is 441 g/mol. The fourth-order valence-electron chi connectivity index (χ4n) is 2.35. The van der Waals surface area contributed by atoms with E-state index in [2.05, 4.69) is 20.3 Å². The Morgan fingerprint density at radius 1 is 1.17 bits per heavy atom. The second-order valence-corrected chi connectivity index (χ2v) is 6.04. The Labute approximate surface area is 172 Å². The van der Waals surface area contributed by atoms with Gasteiger partial charge in [-0.1, -0.05) is 11.6 Å². The molecule has 2 heterocycles. The second kappa shape index (κ2) is 9.67. The Bertz CT molecular complexity index is 1000. The molecule has 0 bridgehead atoms. The van der Waals surface area contributed by atoms with Gasteiger partial charge < -0.3 is 10.2 Å². The maximum atomic E-state index is 12.8. The molecule has 2 aromatic heterocycles. The van der Waals surface area contributed by atoms with Crippen LogP contribution in [0.3, 0.4) is 0 Å². The number of halogens is 4. The molecule has 0 aromatic carbocycles. The zero-order valence-corrected chi connectivity index (χ0v) is 15.8. The van der Waals surface area contributed by atoms with Crippen molar-refractivity contribution in [2.45, 2.75) is 19.0 Å². The summed E-state index contributed by atoms with van der Waals surface area (Å²) < 4.78 is 38.3. The van der Waals surface area contributed by atoms with Gasteiger partial charge in [0.05, 0.1) is 40.5 Å². The van der Waals surface area contributed by atoms with Gasteiger partial charge in [-0.2, -0.15) is 23.7 Å². The summed E-state index contributed by atoms with van der Waals surface area (Å²) in [6.07, 6.45) is -3.11. The maximum Gasteiger partial charge on any atom is 0.417 e. The van der Waals surface area contributed by atoms with E-state index in [0.717, 1.165) is 6.33 Å². The van der Waals surface area contributed by atoms with E-state index in [-0.39, 0.29) is 43.4 Å². The van der Waals surface area contributed by atoms with Crippen molar-refractivity contribution in [1.82, 2.24) is 15.0 Å². The van der Waals surface area contributed by atoms with Crippen molar-refractivity contribution in [2.24, 2.45) is 0 Å². The third kappa shape index (κ3) is 5.42. The van der Waals surface area contributed by atoms with Gasteiger partial charge in [-0.15, -0.1) is 0 Å². The van der Waals surface area contributed by atoms with E-state index in [9.17, 15) is 23.3 Å². The van der Waals surface area contributed by atoms with E-state index < -0.39 is 27.4 Å². The molecule has 0 unspecified atom stereocenters. The first-order chi connectivity index (χ1) is 14.2. The molecule has 2 aromatic rings. The minimum Gasteiger partial charge on any atom is -0.349 e. The quantitative estimate of drug-likeness (QED) is 0.478. The molecule has 0 atom stereocenters. The molecule has 0 amide bonds. The molecule has 0 saturated carbocycles. The zero-order valence-electron chi connectivity index (χ0n) is 15.0. The molecular weight excluding hydrogens is 429 g/mol. The predicted molar refractivity (Wildman–Crippen MR) is 98.9 cm³/mol. The SMILES string of the molecule is N#CCCN(CCC#N)c1ncnc(Nc2ncc(C(F)(F)F)cc2Cl)c1[N+](=O)[O-]. The Kier molecular flexibility index (Phi) is 7.27. The number of hydrogen-bond donors (Lipinski definition) is 1. The van der Waals surface area contributed by atoms with Crippen LogP contribution in [0.5, 0.6) is 0 Å². The maximum absolute atomic E-state index is 12.8. The molecule has 0 aliphatic heterocycles. The van der Waals surface area contributed by atoms with Crippen molar-refractivity contribution in [1.29, 1.82) is 10.5 Å². The van der Waals surface area contributed by atoms with E-state index >= 15 is 0 Å². The van der Waals surface area contributed by atoms with Gasteiger partial charge in [-0.25, -0.2) is 15.0 Å². The highest BCUT2D eigenvalue weighted by atomic mass is 35.5. The lowest BCUT2D eigenvalue weighted by Crippen LogP contribution is -2.27. The van der Waals surface area contributed by atoms with Gasteiger partial charge >= 0.3 is 11.9 Å². The first-order valence-corrected chi connectivity index (χ1v) is 8.54. The highest BCUT2D eigenvalue weighted by molar-refractivity contribution is 6.33. The van der Waals surface area contributed by atoms with Crippen LogP contribution in [0, 0.1) is 32.8 Å². The number of nitrogens with zero attached hydrogens (tertiary/aromatic N) is 7. The van der Waals surface area contributed by atoms with Crippen molar-refractivity contribution < 1.29 is 18.1 Å². The van der Waals surface area contributed by atoms with Crippen LogP contribution >= 0.6 is 11.6 Å². The molecule has 30 heavy (non-hydrogen) atoms. The van der Waals surface area contributed by atoms with Crippen LogP contribution in [-0.2, 0) is 6.18 Å². The van der Waals surface area contributed by atoms with Crippen molar-refractivity contribution in [3.05, 3.63) is 39.3 Å². The van der Waals surface area contributed by atoms with Crippen LogP contribution < -0.4 is 10.2 Å². The van der Waals surface area contributed by atoms with E-state index in [0.29, 0.717) is 12.3 Å². The lowest BCUT2D eigenvalue weighted by atomic mass is 10.2. The molecule has 0 radical (unpaired) electrons. The predicted octanol–water partition coefficient (Wildman–Crippen LogP) is 3.83. The van der Waals surface area contributed by atoms with Gasteiger partial charge in [0.15, 0.2) is 5.82 Å². The smallest absolute Gasteiger partial charge is 0.349 e. The van der Waals surface area contributed by atoms with Crippen molar-refractivity contribution in [2.75, 3.05) is 23.3 Å². The highest BCUT2D eigenvalue weighted by Gasteiger charge is 2.32. The number of nitrogens with one attached hydrogen (secondary N) is 1. The molecule has 10 nitrogen and oxygen atoms in total. The Morgan fingerprint density at radius 3 is 2.30 bits per heavy atom. The van der Waals surface area contributed by atoms with E-state index in [1.54, 1.807) is 0 Å². The zero-order chi connectivity index (χ0) is 22.3. The van der Waals surface area contributed by atoms with Gasteiger partial charge in [0.2, 0.25) is 11.6 Å². The second-order valence-electron chi connectivity index (χ2n) is 5.63. The van der Waals surface area contributed by atoms with Gasteiger partial charge in [-0.3, -0.25) is 10.1 Å². The Hall–Kier alpha value is -3.71. The van der Waals surface area contributed by atoms with Crippen LogP contribution in [0.4, 0.5) is 36.3 Å². The monoisotopic (exact) mass is 440 g/mol. The van der Waals surface area contributed by atoms with Crippen molar-refractivity contribution >= 4 is 34.7 Å². The van der Waals surface area contributed by atoms with Crippen molar-refractivity contribution in [3.8, 4) is 12.1 Å². The summed E-state index contributed by atoms with van der Waals surface area (Å²) in [5.41, 5.74) is -1.69. The summed E-state index contributed by atoms with van der Waals surface area (Å²) in [6, 6.07) is 4.42. The number of pyridine rings is 1. The third-order valence-corrected chi connectivity index (χ3v) is 3.97. The number of anilines is 3. The van der Waals surface area contributed by atoms with Crippen LogP contribution in [-0.4, -0.2) is 33.0 Å². The van der Waals surface area contributed by atoms with Crippen LogP contribution in [0.25, 0.3) is 0 Å². The summed E-state index contributed by atoms with van der Waals surface area (Å²) in [5, 5.41) is 31.3. The molecule has 0 saturated heterocycles. The van der Waals surface area contributed by atoms with E-state index in [1.807, 2.05) is 12.1 Å². The fourth-order valence-corrected chi connectivity index (χ4v) is 2.56. The van der Waals surface area contributed by atoms with Crippen LogP contribution in [0.2, 0.25) is 5.02 Å². The lowest BCUT2D eigenvalue weighted by Gasteiger charge is -2.21. The minimum atomic E-state index is -4.66. The van der Waals surface area contributed by atoms with Crippen LogP contribution in [0.15, 0.2) is 18.6 Å². The Balaban J connectivity index is 2.47. The molecule has 14 heteroatoms. The summed E-state index contributed by atoms with van der Waals surface area (Å²) in [4.78, 5) is 23.5. The summed E-state index contributed by atoms with van der Waals surface area (Å²) in [5.74, 6) is -0.804. The molecule has 156 valence electrons. The van der Waals surface area contributed by atoms with Gasteiger partial charge in [-0.05, 0) is 6.07 Å². The number of nitriles is 2. The Morgan fingerprint density at radius 2 is 1.80 bits per heavy atom. The molecule has 0 aliphatic carbocycles. The molecule has 0 fully saturated rings. The van der Waals surface area contributed by atoms with Crippen LogP contribution in [0.1, 0.15) is 18.4 Å². The molecule has 0 aliphatic rings. The average Bonchev–Trinajstić information content (AvgIpc) is 2.68. The molecule has 0 spiro atoms. The van der Waals surface area contributed by atoms with E-state index in [1.165, 1.54) is 4.90 Å². The van der Waals surface area contributed by atoms with Gasteiger partial charge in [0.1, 0.15) is 6.33 Å². The third-order valence-electron chi connectivity index (χ3n) is 3.68. The topological polar surface area (TPSA) is 145 Å². The minimum absolute atomic E-state index is 0.0155. The summed E-state index contributed by atoms with van der Waals surface area (Å²) in [6.45, 7) is 0.128. The largest absolute Gasteiger partial charge is 0.417 e. The first kappa shape index (κ1) is 22.6. The molecule has 2 rings (SSSR count). The summed E-state index contributed by atoms with van der Waals surface area (Å²) >= 11 is 5.84. The fraction of sp³-hybridized carbons (Fsp3) is 0.312. The molecular formula is C16H12ClF3N8O2. The van der Waals surface area contributed by atoms with Gasteiger partial charge in [0, 0.05) is 19.3 Å². The number of aromatic nitrogens is 3. The first-order valence-electron chi connectivity index (χ1n) is 8.17. The number of nitro groups is 1. The summed E-state index contributed by atoms with van der Waals surface area (Å²) in [7, 11) is 0. The van der Waals surface area contributed by atoms with Gasteiger partial charge in [0.25, 0.3) is 0 Å². The number of hydrogen-bond acceptors (Lipinski definition) is 9. The van der Waals surface area contributed by atoms with Crippen molar-refractivity contribution in [3.63, 3.8) is 0 Å². The highest BCUT2D eigenvalue weighted by Crippen LogP contribution is 2.36. The normalized spacial score (nSPS) is 10.7. The number of alkyl halides is 3. The standard InChI is InChI=1S/C16H12ClF3N8O2/c17-11-7-10(16(18,19)20)8-23-13(11)26-14-12(28(29)30)15(25-9-24-14)27(5-1-3-21)6-2-4-22/h7-9H,1-2,5-6H2,(H,23,24,25,26).